The highest BCUT2D eigenvalue weighted by Gasteiger charge is 2.33. The van der Waals surface area contributed by atoms with Gasteiger partial charge in [0.2, 0.25) is 0 Å². The van der Waals surface area contributed by atoms with Crippen LogP contribution in [0, 0.1) is 5.92 Å². The van der Waals surface area contributed by atoms with Crippen molar-refractivity contribution in [3.8, 4) is 0 Å². The molecule has 1 aliphatic rings. The highest BCUT2D eigenvalue weighted by atomic mass is 79.9. The van der Waals surface area contributed by atoms with E-state index in [0.29, 0.717) is 23.8 Å². The van der Waals surface area contributed by atoms with Crippen molar-refractivity contribution < 1.29 is 14.3 Å². The molecule has 0 unspecified atom stereocenters. The summed E-state index contributed by atoms with van der Waals surface area (Å²) in [5.74, 6) is -0.0458. The molecule has 24 heavy (non-hydrogen) atoms. The first-order chi connectivity index (χ1) is 11.5. The van der Waals surface area contributed by atoms with Gasteiger partial charge < -0.3 is 15.4 Å². The molecule has 0 aliphatic carbocycles. The monoisotopic (exact) mass is 394 g/mol. The third kappa shape index (κ3) is 4.17. The molecule has 6 heteroatoms. The van der Waals surface area contributed by atoms with Gasteiger partial charge in [-0.1, -0.05) is 60.8 Å². The number of allylic oxidation sites excluding steroid dienone is 1. The van der Waals surface area contributed by atoms with Crippen LogP contribution >= 0.6 is 15.9 Å². The van der Waals surface area contributed by atoms with Crippen LogP contribution in [0.3, 0.4) is 0 Å². The third-order valence-electron chi connectivity index (χ3n) is 4.31. The lowest BCUT2D eigenvalue weighted by atomic mass is 9.95. The van der Waals surface area contributed by atoms with Crippen LogP contribution in [-0.4, -0.2) is 18.6 Å². The number of ether oxygens (including phenoxy) is 1. The van der Waals surface area contributed by atoms with Crippen molar-refractivity contribution in [3.63, 3.8) is 0 Å². The van der Waals surface area contributed by atoms with Crippen molar-refractivity contribution in [1.82, 2.24) is 10.6 Å². The fourth-order valence-corrected chi connectivity index (χ4v) is 3.22. The highest BCUT2D eigenvalue weighted by molar-refractivity contribution is 9.10. The smallest absolute Gasteiger partial charge is 0.338 e. The van der Waals surface area contributed by atoms with Gasteiger partial charge in [-0.2, -0.15) is 0 Å². The van der Waals surface area contributed by atoms with Crippen molar-refractivity contribution in [2.24, 2.45) is 5.92 Å². The predicted octanol–water partition coefficient (Wildman–Crippen LogP) is 4.06. The Bertz CT molecular complexity index is 653. The first-order valence-corrected chi connectivity index (χ1v) is 8.97. The van der Waals surface area contributed by atoms with Crippen molar-refractivity contribution in [2.75, 3.05) is 6.61 Å². The molecule has 1 aromatic carbocycles. The van der Waals surface area contributed by atoms with E-state index < -0.39 is 12.0 Å². The number of rotatable bonds is 6. The topological polar surface area (TPSA) is 67.4 Å². The van der Waals surface area contributed by atoms with Gasteiger partial charge in [-0.15, -0.1) is 0 Å². The average molecular weight is 395 g/mol. The van der Waals surface area contributed by atoms with Crippen LogP contribution < -0.4 is 10.6 Å². The molecule has 5 nitrogen and oxygen atoms in total. The summed E-state index contributed by atoms with van der Waals surface area (Å²) in [6.45, 7) is 6.27. The minimum atomic E-state index is -0.538. The van der Waals surface area contributed by atoms with E-state index in [0.717, 1.165) is 22.9 Å². The summed E-state index contributed by atoms with van der Waals surface area (Å²) in [6.07, 6.45) is 1.93. The van der Waals surface area contributed by atoms with Crippen LogP contribution in [0.5, 0.6) is 0 Å². The largest absolute Gasteiger partial charge is 0.462 e. The zero-order valence-electron chi connectivity index (χ0n) is 14.2. The molecule has 2 N–H and O–H groups in total. The van der Waals surface area contributed by atoms with Gasteiger partial charge in [0, 0.05) is 10.2 Å². The van der Waals surface area contributed by atoms with E-state index in [4.69, 9.17) is 4.74 Å². The number of halogens is 1. The Labute approximate surface area is 151 Å². The Kier molecular flexibility index (Phi) is 6.43. The number of hydrogen-bond acceptors (Lipinski definition) is 3. The third-order valence-corrected chi connectivity index (χ3v) is 5.03. The number of carbonyl (C=O) groups excluding carboxylic acids is 2. The Balaban J connectivity index is 2.29. The van der Waals surface area contributed by atoms with E-state index in [9.17, 15) is 9.59 Å². The molecule has 1 atom stereocenters. The SMILES string of the molecule is CCC(CC)COC(=O)C1=C(C)NC(=O)N[C@H]1c1ccccc1Br. The van der Waals surface area contributed by atoms with Crippen LogP contribution in [0.15, 0.2) is 40.0 Å². The van der Waals surface area contributed by atoms with E-state index in [1.54, 1.807) is 6.92 Å². The number of esters is 1. The fraction of sp³-hybridized carbons (Fsp3) is 0.444. The van der Waals surface area contributed by atoms with Gasteiger partial charge in [0.05, 0.1) is 18.2 Å². The van der Waals surface area contributed by atoms with Crippen molar-refractivity contribution in [1.29, 1.82) is 0 Å². The lowest BCUT2D eigenvalue weighted by Gasteiger charge is -2.29. The summed E-state index contributed by atoms with van der Waals surface area (Å²) < 4.78 is 6.35. The summed E-state index contributed by atoms with van der Waals surface area (Å²) in [4.78, 5) is 24.5. The van der Waals surface area contributed by atoms with Crippen LogP contribution in [-0.2, 0) is 9.53 Å². The van der Waals surface area contributed by atoms with E-state index in [1.807, 2.05) is 24.3 Å². The number of carbonyl (C=O) groups is 2. The van der Waals surface area contributed by atoms with Gasteiger partial charge in [-0.3, -0.25) is 0 Å². The Morgan fingerprint density at radius 1 is 1.29 bits per heavy atom. The second-order valence-corrected chi connectivity index (χ2v) is 6.73. The minimum Gasteiger partial charge on any atom is -0.462 e. The van der Waals surface area contributed by atoms with E-state index >= 15 is 0 Å². The van der Waals surface area contributed by atoms with Gasteiger partial charge in [0.15, 0.2) is 0 Å². The lowest BCUT2D eigenvalue weighted by molar-refractivity contribution is -0.141. The van der Waals surface area contributed by atoms with Crippen LogP contribution in [0.4, 0.5) is 4.79 Å². The van der Waals surface area contributed by atoms with Crippen LogP contribution in [0.1, 0.15) is 45.2 Å². The molecule has 0 aromatic heterocycles. The second-order valence-electron chi connectivity index (χ2n) is 5.87. The Morgan fingerprint density at radius 3 is 2.58 bits per heavy atom. The molecule has 1 aromatic rings. The van der Waals surface area contributed by atoms with Gasteiger partial charge in [-0.25, -0.2) is 9.59 Å². The number of benzene rings is 1. The molecule has 0 spiro atoms. The molecule has 0 radical (unpaired) electrons. The van der Waals surface area contributed by atoms with E-state index in [2.05, 4.69) is 40.4 Å². The zero-order valence-corrected chi connectivity index (χ0v) is 15.8. The maximum Gasteiger partial charge on any atom is 0.338 e. The molecule has 2 rings (SSSR count). The average Bonchev–Trinajstić information content (AvgIpc) is 2.55. The maximum atomic E-state index is 12.7. The van der Waals surface area contributed by atoms with Gasteiger partial charge in [0.25, 0.3) is 0 Å². The van der Waals surface area contributed by atoms with E-state index in [-0.39, 0.29) is 6.03 Å². The summed E-state index contributed by atoms with van der Waals surface area (Å²) in [5.41, 5.74) is 1.78. The summed E-state index contributed by atoms with van der Waals surface area (Å²) >= 11 is 3.49. The number of urea groups is 1. The normalized spacial score (nSPS) is 17.5. The number of nitrogens with one attached hydrogen (secondary N) is 2. The summed E-state index contributed by atoms with van der Waals surface area (Å²) in [7, 11) is 0. The lowest BCUT2D eigenvalue weighted by Crippen LogP contribution is -2.45. The fourth-order valence-electron chi connectivity index (χ4n) is 2.70. The quantitative estimate of drug-likeness (QED) is 0.714. The summed E-state index contributed by atoms with van der Waals surface area (Å²) in [6, 6.07) is 6.65. The van der Waals surface area contributed by atoms with Crippen molar-refractivity contribution in [2.45, 2.75) is 39.7 Å². The van der Waals surface area contributed by atoms with Crippen LogP contribution in [0.2, 0.25) is 0 Å². The molecule has 1 heterocycles. The van der Waals surface area contributed by atoms with E-state index in [1.165, 1.54) is 0 Å². The summed E-state index contributed by atoms with van der Waals surface area (Å²) in [5, 5.41) is 5.47. The second kappa shape index (κ2) is 8.33. The molecule has 1 aliphatic heterocycles. The standard InChI is InChI=1S/C18H23BrN2O3/c1-4-12(5-2)10-24-17(22)15-11(3)20-18(23)21-16(15)13-8-6-7-9-14(13)19/h6-9,12,16H,4-5,10H2,1-3H3,(H2,20,21,23)/t16-/m0/s1. The molecule has 0 saturated heterocycles. The number of hydrogen-bond donors (Lipinski definition) is 2. The van der Waals surface area contributed by atoms with Gasteiger partial charge in [0.1, 0.15) is 0 Å². The molecule has 0 bridgehead atoms. The van der Waals surface area contributed by atoms with Gasteiger partial charge >= 0.3 is 12.0 Å². The first kappa shape index (κ1) is 18.5. The highest BCUT2D eigenvalue weighted by Crippen LogP contribution is 2.32. The predicted molar refractivity (Wildman–Crippen MR) is 96.3 cm³/mol. The van der Waals surface area contributed by atoms with Crippen molar-refractivity contribution in [3.05, 3.63) is 45.6 Å². The van der Waals surface area contributed by atoms with Crippen LogP contribution in [0.25, 0.3) is 0 Å². The zero-order chi connectivity index (χ0) is 17.7. The van der Waals surface area contributed by atoms with Crippen molar-refractivity contribution >= 4 is 27.9 Å². The Hall–Kier alpha value is -1.82. The molecule has 0 fully saturated rings. The molecule has 2 amide bonds. The molecular weight excluding hydrogens is 372 g/mol. The Morgan fingerprint density at radius 2 is 1.96 bits per heavy atom. The first-order valence-electron chi connectivity index (χ1n) is 8.17. The molecule has 130 valence electrons. The number of amides is 2. The van der Waals surface area contributed by atoms with Gasteiger partial charge in [-0.05, 0) is 24.5 Å². The maximum absolute atomic E-state index is 12.7. The molecular formula is C18H23BrN2O3. The minimum absolute atomic E-state index is 0.329. The molecule has 0 saturated carbocycles.